The maximum Gasteiger partial charge on any atom is 0.135 e. The minimum Gasteiger partial charge on any atom is -0.456 e. The van der Waals surface area contributed by atoms with Gasteiger partial charge in [0.25, 0.3) is 0 Å². The molecule has 0 amide bonds. The summed E-state index contributed by atoms with van der Waals surface area (Å²) >= 11 is 1.89. The Morgan fingerprint density at radius 1 is 0.442 bits per heavy atom. The highest BCUT2D eigenvalue weighted by molar-refractivity contribution is 7.26. The number of hydrogen-bond donors (Lipinski definition) is 0. The zero-order valence-corrected chi connectivity index (χ0v) is 29.7. The zero-order valence-electron chi connectivity index (χ0n) is 28.9. The van der Waals surface area contributed by atoms with Crippen molar-refractivity contribution in [3.05, 3.63) is 175 Å². The first-order valence-corrected chi connectivity index (χ1v) is 18.7. The Bertz CT molecular complexity index is 3050. The van der Waals surface area contributed by atoms with Gasteiger partial charge in [-0.15, -0.1) is 11.3 Å². The summed E-state index contributed by atoms with van der Waals surface area (Å²) in [6.45, 7) is 4.68. The summed E-state index contributed by atoms with van der Waals surface area (Å²) < 4.78 is 8.94. The van der Waals surface area contributed by atoms with Crippen molar-refractivity contribution < 1.29 is 4.42 Å². The molecule has 2 nitrogen and oxygen atoms in total. The molecule has 0 saturated heterocycles. The molecule has 1 aliphatic carbocycles. The van der Waals surface area contributed by atoms with Crippen LogP contribution in [0.3, 0.4) is 0 Å². The van der Waals surface area contributed by atoms with Gasteiger partial charge < -0.3 is 9.32 Å². The number of benzene rings is 8. The summed E-state index contributed by atoms with van der Waals surface area (Å²) in [6, 6.07) is 60.0. The fraction of sp³-hybridized carbons (Fsp3) is 0.0612. The molecule has 2 aromatic heterocycles. The molecule has 0 saturated carbocycles. The SMILES string of the molecule is CC1(C)c2ccccc2-c2cc(N(c3ccc(-c4cc5c6ccccc6sc5c5ccccc45)cc3)c3ccc4oc5ccccc5c4c3)ccc21. The Kier molecular flexibility index (Phi) is 6.21. The van der Waals surface area contributed by atoms with Crippen LogP contribution in [0.25, 0.3) is 75.1 Å². The number of thiophene rings is 1. The first-order valence-electron chi connectivity index (χ1n) is 17.9. The molecular formula is C49H33NOS. The molecule has 52 heavy (non-hydrogen) atoms. The summed E-state index contributed by atoms with van der Waals surface area (Å²) in [7, 11) is 0. The van der Waals surface area contributed by atoms with Gasteiger partial charge in [0.15, 0.2) is 0 Å². The second-order valence-electron chi connectivity index (χ2n) is 14.5. The molecule has 11 rings (SSSR count). The van der Waals surface area contributed by atoms with Gasteiger partial charge in [-0.2, -0.15) is 0 Å². The van der Waals surface area contributed by atoms with Crippen LogP contribution in [-0.4, -0.2) is 0 Å². The van der Waals surface area contributed by atoms with Crippen LogP contribution < -0.4 is 4.90 Å². The largest absolute Gasteiger partial charge is 0.456 e. The molecule has 0 N–H and O–H groups in total. The minimum atomic E-state index is -0.0524. The van der Waals surface area contributed by atoms with Gasteiger partial charge in [-0.05, 0) is 99.4 Å². The van der Waals surface area contributed by atoms with E-state index in [0.29, 0.717) is 0 Å². The van der Waals surface area contributed by atoms with E-state index in [2.05, 4.69) is 170 Å². The van der Waals surface area contributed by atoms with E-state index in [9.17, 15) is 0 Å². The number of hydrogen-bond acceptors (Lipinski definition) is 3. The smallest absolute Gasteiger partial charge is 0.135 e. The Balaban J connectivity index is 1.10. The van der Waals surface area contributed by atoms with Crippen molar-refractivity contribution in [2.24, 2.45) is 0 Å². The highest BCUT2D eigenvalue weighted by Gasteiger charge is 2.35. The summed E-state index contributed by atoms with van der Waals surface area (Å²) in [6.07, 6.45) is 0. The van der Waals surface area contributed by atoms with Crippen LogP contribution in [0.1, 0.15) is 25.0 Å². The molecule has 0 aliphatic heterocycles. The average Bonchev–Trinajstić information content (AvgIpc) is 3.83. The Morgan fingerprint density at radius 2 is 1.08 bits per heavy atom. The molecule has 1 aliphatic rings. The highest BCUT2D eigenvalue weighted by atomic mass is 32.1. The van der Waals surface area contributed by atoms with Crippen molar-refractivity contribution in [2.45, 2.75) is 19.3 Å². The second kappa shape index (κ2) is 10.9. The predicted molar refractivity (Wildman–Crippen MR) is 222 cm³/mol. The summed E-state index contributed by atoms with van der Waals surface area (Å²) in [5, 5.41) is 7.47. The normalized spacial score (nSPS) is 13.3. The van der Waals surface area contributed by atoms with Crippen molar-refractivity contribution in [1.29, 1.82) is 0 Å². The monoisotopic (exact) mass is 683 g/mol. The Morgan fingerprint density at radius 3 is 1.94 bits per heavy atom. The van der Waals surface area contributed by atoms with Crippen LogP contribution >= 0.6 is 11.3 Å². The number of para-hydroxylation sites is 1. The van der Waals surface area contributed by atoms with Crippen LogP contribution in [0, 0.1) is 0 Å². The van der Waals surface area contributed by atoms with Crippen LogP contribution in [0.5, 0.6) is 0 Å². The molecule has 0 bridgehead atoms. The van der Waals surface area contributed by atoms with E-state index in [1.165, 1.54) is 64.3 Å². The molecular weight excluding hydrogens is 651 g/mol. The molecule has 3 heteroatoms. The van der Waals surface area contributed by atoms with Crippen LogP contribution in [0.4, 0.5) is 17.1 Å². The summed E-state index contributed by atoms with van der Waals surface area (Å²) in [5.74, 6) is 0. The van der Waals surface area contributed by atoms with Crippen molar-refractivity contribution in [3.63, 3.8) is 0 Å². The van der Waals surface area contributed by atoms with E-state index in [0.717, 1.165) is 39.0 Å². The van der Waals surface area contributed by atoms with Crippen LogP contribution in [0.2, 0.25) is 0 Å². The fourth-order valence-electron chi connectivity index (χ4n) is 8.72. The molecule has 0 fully saturated rings. The number of nitrogens with zero attached hydrogens (tertiary/aromatic N) is 1. The summed E-state index contributed by atoms with van der Waals surface area (Å²) in [5.41, 5.74) is 12.9. The Hall–Kier alpha value is -6.16. The first-order chi connectivity index (χ1) is 25.5. The maximum absolute atomic E-state index is 6.25. The third kappa shape index (κ3) is 4.23. The molecule has 2 heterocycles. The van der Waals surface area contributed by atoms with E-state index in [1.54, 1.807) is 0 Å². The molecule has 8 aromatic carbocycles. The first kappa shape index (κ1) is 29.6. The summed E-state index contributed by atoms with van der Waals surface area (Å²) in [4.78, 5) is 2.40. The number of rotatable bonds is 4. The van der Waals surface area contributed by atoms with E-state index >= 15 is 0 Å². The highest BCUT2D eigenvalue weighted by Crippen LogP contribution is 2.51. The van der Waals surface area contributed by atoms with E-state index in [1.807, 2.05) is 23.5 Å². The second-order valence-corrected chi connectivity index (χ2v) is 15.6. The zero-order chi connectivity index (χ0) is 34.6. The van der Waals surface area contributed by atoms with Crippen LogP contribution in [0.15, 0.2) is 168 Å². The predicted octanol–water partition coefficient (Wildman–Crippen LogP) is 14.6. The lowest BCUT2D eigenvalue weighted by atomic mass is 9.82. The lowest BCUT2D eigenvalue weighted by Gasteiger charge is -2.27. The number of fused-ring (bicyclic) bond motifs is 11. The van der Waals surface area contributed by atoms with Gasteiger partial charge in [0.1, 0.15) is 11.2 Å². The standard InChI is InChI=1S/C49H33NOS/c1-49(2)43-16-8-5-12-35(43)40-27-32(23-25-44(40)49)50(33-24-26-46-41(28-33)36-13-6-9-17-45(36)51-46)31-21-19-30(20-22-31)39-29-42-37-14-7-10-18-47(37)52-48(42)38-15-4-3-11-34(38)39/h3-29H,1-2H3. The molecule has 0 spiro atoms. The minimum absolute atomic E-state index is 0.0524. The lowest BCUT2D eigenvalue weighted by molar-refractivity contribution is 0.660. The van der Waals surface area contributed by atoms with E-state index < -0.39 is 0 Å². The van der Waals surface area contributed by atoms with Crippen molar-refractivity contribution in [1.82, 2.24) is 0 Å². The molecule has 0 unspecified atom stereocenters. The number of furan rings is 1. The average molecular weight is 684 g/mol. The van der Waals surface area contributed by atoms with Gasteiger partial charge in [0.05, 0.1) is 0 Å². The third-order valence-corrected chi connectivity index (χ3v) is 12.5. The van der Waals surface area contributed by atoms with Crippen molar-refractivity contribution in [3.8, 4) is 22.3 Å². The van der Waals surface area contributed by atoms with E-state index in [-0.39, 0.29) is 5.41 Å². The molecule has 10 aromatic rings. The number of anilines is 3. The van der Waals surface area contributed by atoms with Gasteiger partial charge in [0.2, 0.25) is 0 Å². The van der Waals surface area contributed by atoms with Gasteiger partial charge >= 0.3 is 0 Å². The van der Waals surface area contributed by atoms with Gasteiger partial charge in [-0.25, -0.2) is 0 Å². The van der Waals surface area contributed by atoms with Gasteiger partial charge in [-0.3, -0.25) is 0 Å². The fourth-order valence-corrected chi connectivity index (χ4v) is 9.94. The third-order valence-electron chi connectivity index (χ3n) is 11.3. The molecule has 0 radical (unpaired) electrons. The quantitative estimate of drug-likeness (QED) is 0.184. The van der Waals surface area contributed by atoms with E-state index in [4.69, 9.17) is 4.42 Å². The Labute approximate surface area is 305 Å². The molecule has 0 atom stereocenters. The lowest BCUT2D eigenvalue weighted by Crippen LogP contribution is -2.15. The topological polar surface area (TPSA) is 16.4 Å². The van der Waals surface area contributed by atoms with Crippen LogP contribution in [-0.2, 0) is 5.41 Å². The van der Waals surface area contributed by atoms with Crippen molar-refractivity contribution >= 4 is 81.3 Å². The molecule has 246 valence electrons. The van der Waals surface area contributed by atoms with Crippen molar-refractivity contribution in [2.75, 3.05) is 4.90 Å². The van der Waals surface area contributed by atoms with Gasteiger partial charge in [0, 0.05) is 58.8 Å². The van der Waals surface area contributed by atoms with Gasteiger partial charge in [-0.1, -0.05) is 117 Å². The maximum atomic E-state index is 6.25.